The molecule has 1 aromatic carbocycles. The van der Waals surface area contributed by atoms with E-state index in [2.05, 4.69) is 4.72 Å². The number of carbonyl (C=O) groups excluding carboxylic acids is 1. The predicted molar refractivity (Wildman–Crippen MR) is 89.4 cm³/mol. The molecule has 0 aliphatic carbocycles. The zero-order valence-corrected chi connectivity index (χ0v) is 14.7. The average Bonchev–Trinajstić information content (AvgIpc) is 3.08. The standard InChI is InChI=1S/C16H16ClFN2O4S/c17-11-3-4-15(13(18)10-11)25(22,23)19-12-5-7-20(8-6-12)16(21)14-2-1-9-24-14/h1-4,9-10,12,19H,5-8H2. The fourth-order valence-corrected chi connectivity index (χ4v) is 4.26. The number of likely N-dealkylation sites (tertiary alicyclic amines) is 1. The molecule has 2 heterocycles. The quantitative estimate of drug-likeness (QED) is 0.876. The molecule has 0 saturated carbocycles. The third kappa shape index (κ3) is 4.02. The van der Waals surface area contributed by atoms with Gasteiger partial charge >= 0.3 is 0 Å². The summed E-state index contributed by atoms with van der Waals surface area (Å²) in [6.45, 7) is 0.769. The summed E-state index contributed by atoms with van der Waals surface area (Å²) < 4.78 is 46.1. The van der Waals surface area contributed by atoms with E-state index in [-0.39, 0.29) is 22.7 Å². The lowest BCUT2D eigenvalue weighted by atomic mass is 10.1. The molecule has 1 aliphatic heterocycles. The molecule has 3 rings (SSSR count). The summed E-state index contributed by atoms with van der Waals surface area (Å²) >= 11 is 5.65. The van der Waals surface area contributed by atoms with E-state index in [0.29, 0.717) is 25.9 Å². The number of piperidine rings is 1. The van der Waals surface area contributed by atoms with Crippen molar-refractivity contribution in [3.05, 3.63) is 53.2 Å². The first-order valence-electron chi connectivity index (χ1n) is 7.67. The maximum Gasteiger partial charge on any atom is 0.289 e. The monoisotopic (exact) mass is 386 g/mol. The summed E-state index contributed by atoms with van der Waals surface area (Å²) in [5.41, 5.74) is 0. The third-order valence-electron chi connectivity index (χ3n) is 4.02. The third-order valence-corrected chi connectivity index (χ3v) is 5.81. The average molecular weight is 387 g/mol. The highest BCUT2D eigenvalue weighted by Gasteiger charge is 2.29. The molecule has 25 heavy (non-hydrogen) atoms. The minimum Gasteiger partial charge on any atom is -0.459 e. The molecule has 1 saturated heterocycles. The molecule has 2 aromatic rings. The van der Waals surface area contributed by atoms with Crippen molar-refractivity contribution in [3.63, 3.8) is 0 Å². The molecule has 0 spiro atoms. The second kappa shape index (κ2) is 7.15. The Kier molecular flexibility index (Phi) is 5.12. The Hall–Kier alpha value is -1.90. The van der Waals surface area contributed by atoms with Gasteiger partial charge in [-0.05, 0) is 43.2 Å². The maximum atomic E-state index is 13.9. The Morgan fingerprint density at radius 1 is 1.28 bits per heavy atom. The molecular formula is C16H16ClFN2O4S. The molecule has 1 N–H and O–H groups in total. The van der Waals surface area contributed by atoms with Crippen LogP contribution in [-0.2, 0) is 10.0 Å². The summed E-state index contributed by atoms with van der Waals surface area (Å²) in [5, 5.41) is 0.126. The van der Waals surface area contributed by atoms with Gasteiger partial charge in [-0.1, -0.05) is 11.6 Å². The van der Waals surface area contributed by atoms with Crippen LogP contribution in [0, 0.1) is 5.82 Å². The SMILES string of the molecule is O=C(c1ccco1)N1CCC(NS(=O)(=O)c2ccc(Cl)cc2F)CC1. The van der Waals surface area contributed by atoms with Crippen molar-refractivity contribution in [1.82, 2.24) is 9.62 Å². The number of carbonyl (C=O) groups is 1. The lowest BCUT2D eigenvalue weighted by Crippen LogP contribution is -2.46. The highest BCUT2D eigenvalue weighted by Crippen LogP contribution is 2.21. The number of furan rings is 1. The van der Waals surface area contributed by atoms with Crippen molar-refractivity contribution in [3.8, 4) is 0 Å². The molecule has 0 atom stereocenters. The van der Waals surface area contributed by atoms with Crippen LogP contribution in [0.1, 0.15) is 23.4 Å². The number of halogens is 2. The Balaban J connectivity index is 1.62. The van der Waals surface area contributed by atoms with Crippen LogP contribution in [0.3, 0.4) is 0 Å². The molecule has 1 aliphatic rings. The van der Waals surface area contributed by atoms with Gasteiger partial charge in [0.15, 0.2) is 5.76 Å². The van der Waals surface area contributed by atoms with Crippen LogP contribution in [0.25, 0.3) is 0 Å². The summed E-state index contributed by atoms with van der Waals surface area (Å²) in [5.74, 6) is -0.872. The van der Waals surface area contributed by atoms with E-state index in [1.165, 1.54) is 12.3 Å². The Morgan fingerprint density at radius 3 is 2.60 bits per heavy atom. The maximum absolute atomic E-state index is 13.9. The van der Waals surface area contributed by atoms with Gasteiger partial charge in [-0.25, -0.2) is 17.5 Å². The first-order valence-corrected chi connectivity index (χ1v) is 9.53. The number of amides is 1. The summed E-state index contributed by atoms with van der Waals surface area (Å²) in [6.07, 6.45) is 2.29. The Bertz CT molecular complexity index is 862. The van der Waals surface area contributed by atoms with Crippen molar-refractivity contribution in [2.24, 2.45) is 0 Å². The van der Waals surface area contributed by atoms with Gasteiger partial charge in [0, 0.05) is 24.2 Å². The fraction of sp³-hybridized carbons (Fsp3) is 0.312. The molecule has 134 valence electrons. The van der Waals surface area contributed by atoms with Gasteiger partial charge in [-0.2, -0.15) is 0 Å². The Labute approximate surface area is 149 Å². The van der Waals surface area contributed by atoms with Gasteiger partial charge in [0.2, 0.25) is 10.0 Å². The second-order valence-electron chi connectivity index (χ2n) is 5.74. The number of rotatable bonds is 4. The Morgan fingerprint density at radius 2 is 2.00 bits per heavy atom. The normalized spacial score (nSPS) is 16.2. The number of nitrogens with one attached hydrogen (secondary N) is 1. The largest absolute Gasteiger partial charge is 0.459 e. The number of hydrogen-bond acceptors (Lipinski definition) is 4. The van der Waals surface area contributed by atoms with Crippen LogP contribution >= 0.6 is 11.6 Å². The van der Waals surface area contributed by atoms with E-state index < -0.39 is 20.7 Å². The van der Waals surface area contributed by atoms with Crippen LogP contribution in [0.4, 0.5) is 4.39 Å². The zero-order valence-electron chi connectivity index (χ0n) is 13.1. The number of sulfonamides is 1. The smallest absolute Gasteiger partial charge is 0.289 e. The lowest BCUT2D eigenvalue weighted by molar-refractivity contribution is 0.0679. The molecule has 9 heteroatoms. The minimum atomic E-state index is -3.99. The lowest BCUT2D eigenvalue weighted by Gasteiger charge is -2.31. The first kappa shape index (κ1) is 17.9. The number of hydrogen-bond donors (Lipinski definition) is 1. The van der Waals surface area contributed by atoms with Crippen LogP contribution in [0.5, 0.6) is 0 Å². The second-order valence-corrected chi connectivity index (χ2v) is 7.86. The molecule has 0 bridgehead atoms. The number of benzene rings is 1. The van der Waals surface area contributed by atoms with Gasteiger partial charge in [0.1, 0.15) is 10.7 Å². The van der Waals surface area contributed by atoms with Crippen molar-refractivity contribution in [2.45, 2.75) is 23.8 Å². The highest BCUT2D eigenvalue weighted by molar-refractivity contribution is 7.89. The molecule has 6 nitrogen and oxygen atoms in total. The first-order chi connectivity index (χ1) is 11.9. The fourth-order valence-electron chi connectivity index (χ4n) is 2.73. The molecular weight excluding hydrogens is 371 g/mol. The van der Waals surface area contributed by atoms with E-state index >= 15 is 0 Å². The topological polar surface area (TPSA) is 79.6 Å². The van der Waals surface area contributed by atoms with Gasteiger partial charge in [0.05, 0.1) is 6.26 Å². The van der Waals surface area contributed by atoms with Gasteiger partial charge in [-0.3, -0.25) is 4.79 Å². The van der Waals surface area contributed by atoms with Crippen LogP contribution < -0.4 is 4.72 Å². The molecule has 1 fully saturated rings. The van der Waals surface area contributed by atoms with Crippen molar-refractivity contribution in [2.75, 3.05) is 13.1 Å². The van der Waals surface area contributed by atoms with Crippen LogP contribution in [0.15, 0.2) is 45.9 Å². The highest BCUT2D eigenvalue weighted by atomic mass is 35.5. The van der Waals surface area contributed by atoms with Gasteiger partial charge in [-0.15, -0.1) is 0 Å². The van der Waals surface area contributed by atoms with Crippen LogP contribution in [-0.4, -0.2) is 38.4 Å². The predicted octanol–water partition coefficient (Wildman–Crippen LogP) is 2.66. The minimum absolute atomic E-state index is 0.126. The van der Waals surface area contributed by atoms with Crippen LogP contribution in [0.2, 0.25) is 5.02 Å². The van der Waals surface area contributed by atoms with E-state index in [1.54, 1.807) is 17.0 Å². The van der Waals surface area contributed by atoms with Crippen molar-refractivity contribution >= 4 is 27.5 Å². The van der Waals surface area contributed by atoms with Crippen molar-refractivity contribution < 1.29 is 22.0 Å². The molecule has 1 amide bonds. The van der Waals surface area contributed by atoms with Crippen molar-refractivity contribution in [1.29, 1.82) is 0 Å². The molecule has 0 unspecified atom stereocenters. The summed E-state index contributed by atoms with van der Waals surface area (Å²) in [4.78, 5) is 13.3. The summed E-state index contributed by atoms with van der Waals surface area (Å²) in [7, 11) is -3.99. The van der Waals surface area contributed by atoms with E-state index in [9.17, 15) is 17.6 Å². The molecule has 1 aromatic heterocycles. The van der Waals surface area contributed by atoms with E-state index in [1.807, 2.05) is 0 Å². The molecule has 0 radical (unpaired) electrons. The zero-order chi connectivity index (χ0) is 18.0. The van der Waals surface area contributed by atoms with E-state index in [4.69, 9.17) is 16.0 Å². The van der Waals surface area contributed by atoms with Gasteiger partial charge < -0.3 is 9.32 Å². The van der Waals surface area contributed by atoms with Gasteiger partial charge in [0.25, 0.3) is 5.91 Å². The summed E-state index contributed by atoms with van der Waals surface area (Å²) in [6, 6.07) is 6.26. The number of nitrogens with zero attached hydrogens (tertiary/aromatic N) is 1. The van der Waals surface area contributed by atoms with E-state index in [0.717, 1.165) is 12.1 Å².